The molecule has 2 heterocycles. The Hall–Kier alpha value is -3.48. The van der Waals surface area contributed by atoms with Crippen molar-refractivity contribution in [3.05, 3.63) is 71.1 Å². The molecule has 1 aliphatic rings. The van der Waals surface area contributed by atoms with E-state index in [4.69, 9.17) is 4.74 Å². The number of hydrogen-bond acceptors (Lipinski definition) is 5. The third-order valence-corrected chi connectivity index (χ3v) is 5.19. The highest BCUT2D eigenvalue weighted by Crippen LogP contribution is 2.22. The first-order valence-electron chi connectivity index (χ1n) is 9.76. The zero-order valence-corrected chi connectivity index (χ0v) is 17.1. The van der Waals surface area contributed by atoms with Crippen LogP contribution in [0.15, 0.2) is 43.0 Å². The Balaban J connectivity index is 1.48. The molecule has 0 aliphatic carbocycles. The average Bonchev–Trinajstić information content (AvgIpc) is 3.15. The summed E-state index contributed by atoms with van der Waals surface area (Å²) in [6.45, 7) is 7.83. The quantitative estimate of drug-likeness (QED) is 0.275. The maximum Gasteiger partial charge on any atom is 0.306 e. The van der Waals surface area contributed by atoms with Crippen LogP contribution >= 0.6 is 0 Å². The Labute approximate surface area is 174 Å². The molecule has 30 heavy (non-hydrogen) atoms. The molecule has 2 aromatic rings. The molecule has 1 aromatic heterocycles. The van der Waals surface area contributed by atoms with Crippen molar-refractivity contribution in [2.75, 3.05) is 13.2 Å². The Morgan fingerprint density at radius 2 is 1.73 bits per heavy atom. The summed E-state index contributed by atoms with van der Waals surface area (Å²) in [7, 11) is 0. The van der Waals surface area contributed by atoms with E-state index in [1.807, 2.05) is 18.4 Å². The molecule has 0 fully saturated rings. The van der Waals surface area contributed by atoms with Gasteiger partial charge in [-0.1, -0.05) is 18.2 Å². The minimum Gasteiger partial charge on any atom is -0.457 e. The largest absolute Gasteiger partial charge is 0.457 e. The molecule has 0 saturated heterocycles. The lowest BCUT2D eigenvalue weighted by Gasteiger charge is -2.13. The number of carbonyl (C=O) groups is 4. The van der Waals surface area contributed by atoms with Crippen LogP contribution in [0, 0.1) is 13.8 Å². The van der Waals surface area contributed by atoms with Gasteiger partial charge in [0.05, 0.1) is 11.1 Å². The van der Waals surface area contributed by atoms with Gasteiger partial charge in [-0.25, -0.2) is 0 Å². The molecule has 7 nitrogen and oxygen atoms in total. The molecule has 0 unspecified atom stereocenters. The van der Waals surface area contributed by atoms with Gasteiger partial charge >= 0.3 is 5.97 Å². The number of ketones is 1. The molecule has 0 saturated carbocycles. The van der Waals surface area contributed by atoms with Crippen molar-refractivity contribution in [2.24, 2.45) is 0 Å². The summed E-state index contributed by atoms with van der Waals surface area (Å²) in [5.74, 6) is -1.52. The van der Waals surface area contributed by atoms with Gasteiger partial charge in [-0.2, -0.15) is 0 Å². The molecule has 156 valence electrons. The zero-order chi connectivity index (χ0) is 21.8. The van der Waals surface area contributed by atoms with E-state index in [1.165, 1.54) is 0 Å². The number of carbonyl (C=O) groups excluding carboxylic acids is 4. The number of Topliss-reactive ketones (excluding diaryl/α,β-unsaturated/α-hetero) is 1. The van der Waals surface area contributed by atoms with Crippen LogP contribution in [-0.4, -0.2) is 46.2 Å². The molecule has 0 atom stereocenters. The Morgan fingerprint density at radius 3 is 2.33 bits per heavy atom. The molecule has 1 aliphatic heterocycles. The van der Waals surface area contributed by atoms with Crippen molar-refractivity contribution in [1.82, 2.24) is 9.47 Å². The second-order valence-electron chi connectivity index (χ2n) is 7.18. The third kappa shape index (κ3) is 4.10. The predicted molar refractivity (Wildman–Crippen MR) is 110 cm³/mol. The van der Waals surface area contributed by atoms with E-state index in [2.05, 4.69) is 6.58 Å². The van der Waals surface area contributed by atoms with Gasteiger partial charge in [0.2, 0.25) is 5.78 Å². The second-order valence-corrected chi connectivity index (χ2v) is 7.18. The van der Waals surface area contributed by atoms with Crippen LogP contribution in [0.4, 0.5) is 0 Å². The van der Waals surface area contributed by atoms with Gasteiger partial charge in [0.15, 0.2) is 6.61 Å². The number of ether oxygens (including phenoxy) is 1. The maximum atomic E-state index is 12.4. The number of fused-ring (bicyclic) bond motifs is 1. The van der Waals surface area contributed by atoms with Crippen LogP contribution in [0.5, 0.6) is 0 Å². The summed E-state index contributed by atoms with van der Waals surface area (Å²) in [5, 5.41) is 0. The minimum absolute atomic E-state index is 0.0101. The molecular weight excluding hydrogens is 384 g/mol. The van der Waals surface area contributed by atoms with Gasteiger partial charge in [0.1, 0.15) is 0 Å². The van der Waals surface area contributed by atoms with E-state index in [-0.39, 0.29) is 43.6 Å². The number of amides is 2. The topological polar surface area (TPSA) is 85.7 Å². The number of esters is 1. The van der Waals surface area contributed by atoms with E-state index in [9.17, 15) is 19.2 Å². The summed E-state index contributed by atoms with van der Waals surface area (Å²) >= 11 is 0. The SMILES string of the molecule is C=CCn1c(C)cc(C(=O)COC(=O)CCCN2C(=O)c3ccccc3C2=O)c1C. The van der Waals surface area contributed by atoms with Crippen molar-refractivity contribution in [1.29, 1.82) is 0 Å². The fourth-order valence-corrected chi connectivity index (χ4v) is 3.61. The van der Waals surface area contributed by atoms with Crippen LogP contribution in [0.3, 0.4) is 0 Å². The molecule has 2 amide bonds. The normalized spacial score (nSPS) is 12.8. The standard InChI is InChI=1S/C23H24N2O5/c1-4-11-24-15(2)13-19(16(24)3)20(26)14-30-21(27)10-7-12-25-22(28)17-8-5-6-9-18(17)23(25)29/h4-6,8-9,13H,1,7,10-12,14H2,2-3H3. The summed E-state index contributed by atoms with van der Waals surface area (Å²) in [6, 6.07) is 8.41. The van der Waals surface area contributed by atoms with E-state index in [0.29, 0.717) is 23.2 Å². The van der Waals surface area contributed by atoms with Gasteiger partial charge in [-0.05, 0) is 38.5 Å². The van der Waals surface area contributed by atoms with Gasteiger partial charge in [0, 0.05) is 36.5 Å². The number of aromatic nitrogens is 1. The number of nitrogens with zero attached hydrogens (tertiary/aromatic N) is 2. The van der Waals surface area contributed by atoms with Crippen LogP contribution in [0.2, 0.25) is 0 Å². The van der Waals surface area contributed by atoms with Gasteiger partial charge in [0.25, 0.3) is 11.8 Å². The lowest BCUT2D eigenvalue weighted by atomic mass is 10.1. The molecule has 1 aromatic carbocycles. The zero-order valence-electron chi connectivity index (χ0n) is 17.1. The van der Waals surface area contributed by atoms with E-state index >= 15 is 0 Å². The summed E-state index contributed by atoms with van der Waals surface area (Å²) < 4.78 is 7.06. The van der Waals surface area contributed by atoms with E-state index < -0.39 is 5.97 Å². The molecule has 0 N–H and O–H groups in total. The molecule has 7 heteroatoms. The molecule has 0 spiro atoms. The van der Waals surface area contributed by atoms with Crippen molar-refractivity contribution >= 4 is 23.6 Å². The molecule has 0 bridgehead atoms. The fourth-order valence-electron chi connectivity index (χ4n) is 3.61. The van der Waals surface area contributed by atoms with E-state index in [1.54, 1.807) is 36.4 Å². The van der Waals surface area contributed by atoms with Crippen molar-refractivity contribution in [2.45, 2.75) is 33.2 Å². The third-order valence-electron chi connectivity index (χ3n) is 5.19. The summed E-state index contributed by atoms with van der Waals surface area (Å²) in [4.78, 5) is 50.2. The summed E-state index contributed by atoms with van der Waals surface area (Å²) in [6.07, 6.45) is 2.03. The first-order chi connectivity index (χ1) is 14.3. The highest BCUT2D eigenvalue weighted by atomic mass is 16.5. The van der Waals surface area contributed by atoms with Gasteiger partial charge in [-0.3, -0.25) is 24.1 Å². The monoisotopic (exact) mass is 408 g/mol. The molecule has 3 rings (SSSR count). The fraction of sp³-hybridized carbons (Fsp3) is 0.304. The van der Waals surface area contributed by atoms with Crippen LogP contribution in [0.25, 0.3) is 0 Å². The Kier molecular flexibility index (Phi) is 6.30. The van der Waals surface area contributed by atoms with Crippen molar-refractivity contribution < 1.29 is 23.9 Å². The lowest BCUT2D eigenvalue weighted by molar-refractivity contribution is -0.142. The number of rotatable bonds is 9. The van der Waals surface area contributed by atoms with Crippen molar-refractivity contribution in [3.8, 4) is 0 Å². The van der Waals surface area contributed by atoms with Crippen LogP contribution in [0.1, 0.15) is 55.3 Å². The first kappa shape index (κ1) is 21.2. The Morgan fingerprint density at radius 1 is 1.10 bits per heavy atom. The highest BCUT2D eigenvalue weighted by molar-refractivity contribution is 6.21. The number of imide groups is 1. The molecule has 0 radical (unpaired) electrons. The van der Waals surface area contributed by atoms with E-state index in [0.717, 1.165) is 16.3 Å². The first-order valence-corrected chi connectivity index (χ1v) is 9.76. The van der Waals surface area contributed by atoms with Gasteiger partial charge < -0.3 is 9.30 Å². The average molecular weight is 408 g/mol. The number of benzene rings is 1. The second kappa shape index (κ2) is 8.90. The number of hydrogen-bond donors (Lipinski definition) is 0. The Bertz CT molecular complexity index is 999. The smallest absolute Gasteiger partial charge is 0.306 e. The van der Waals surface area contributed by atoms with Crippen LogP contribution in [-0.2, 0) is 16.1 Å². The minimum atomic E-state index is -0.542. The van der Waals surface area contributed by atoms with Crippen molar-refractivity contribution in [3.63, 3.8) is 0 Å². The maximum absolute atomic E-state index is 12.4. The predicted octanol–water partition coefficient (Wildman–Crippen LogP) is 3.09. The lowest BCUT2D eigenvalue weighted by Crippen LogP contribution is -2.31. The van der Waals surface area contributed by atoms with Crippen LogP contribution < -0.4 is 0 Å². The number of aryl methyl sites for hydroxylation is 1. The highest BCUT2D eigenvalue weighted by Gasteiger charge is 2.34. The van der Waals surface area contributed by atoms with Gasteiger partial charge in [-0.15, -0.1) is 6.58 Å². The molecular formula is C23H24N2O5. The number of allylic oxidation sites excluding steroid dienone is 1. The summed E-state index contributed by atoms with van der Waals surface area (Å²) in [5.41, 5.74) is 3.02.